The Hall–Kier alpha value is -2.29. The molecule has 0 aromatic rings. The fourth-order valence-electron chi connectivity index (χ4n) is 10.3. The molecule has 0 aromatic carbocycles. The molecule has 3 atom stereocenters. The number of hydrogen-bond donors (Lipinski definition) is 2. The summed E-state index contributed by atoms with van der Waals surface area (Å²) in [6, 6.07) is -0.865. The molecule has 480 valence electrons. The van der Waals surface area contributed by atoms with Crippen molar-refractivity contribution in [3.8, 4) is 0 Å². The van der Waals surface area contributed by atoms with Gasteiger partial charge >= 0.3 is 13.8 Å². The van der Waals surface area contributed by atoms with E-state index in [0.29, 0.717) is 23.9 Å². The monoisotopic (exact) mass is 1170 g/mol. The molecule has 0 aliphatic rings. The molecule has 1 amide bonds. The van der Waals surface area contributed by atoms with Gasteiger partial charge in [-0.25, -0.2) is 4.57 Å². The van der Waals surface area contributed by atoms with Crippen LogP contribution >= 0.6 is 7.82 Å². The van der Waals surface area contributed by atoms with Crippen molar-refractivity contribution in [1.82, 2.24) is 5.32 Å². The molecule has 3 unspecified atom stereocenters. The van der Waals surface area contributed by atoms with Crippen LogP contribution in [-0.4, -0.2) is 74.3 Å². The van der Waals surface area contributed by atoms with Crippen LogP contribution in [0.1, 0.15) is 335 Å². The van der Waals surface area contributed by atoms with Crippen molar-refractivity contribution < 1.29 is 37.3 Å². The van der Waals surface area contributed by atoms with Gasteiger partial charge in [-0.2, -0.15) is 0 Å². The number of rotatable bonds is 64. The van der Waals surface area contributed by atoms with Crippen LogP contribution < -0.4 is 5.32 Å². The van der Waals surface area contributed by atoms with E-state index in [1.54, 1.807) is 0 Å². The van der Waals surface area contributed by atoms with Gasteiger partial charge in [0.2, 0.25) is 5.91 Å². The predicted molar refractivity (Wildman–Crippen MR) is 355 cm³/mol. The Morgan fingerprint density at radius 3 is 1.18 bits per heavy atom. The molecule has 0 aliphatic carbocycles. The van der Waals surface area contributed by atoms with Crippen molar-refractivity contribution in [2.75, 3.05) is 40.9 Å². The molecule has 2 N–H and O–H groups in total. The first-order valence-corrected chi connectivity index (χ1v) is 36.6. The van der Waals surface area contributed by atoms with E-state index in [1.807, 2.05) is 33.3 Å². The number of unbranched alkanes of at least 4 members (excludes halogenated alkanes) is 40. The highest BCUT2D eigenvalue weighted by Crippen LogP contribution is 2.43. The third-order valence-corrected chi connectivity index (χ3v) is 16.7. The van der Waals surface area contributed by atoms with E-state index in [-0.39, 0.29) is 31.5 Å². The number of quaternary nitrogens is 1. The van der Waals surface area contributed by atoms with Crippen LogP contribution in [0.3, 0.4) is 0 Å². The van der Waals surface area contributed by atoms with Crippen LogP contribution in [-0.2, 0) is 27.9 Å². The molecular formula is C72H136N2O7P+. The minimum atomic E-state index is -4.46. The van der Waals surface area contributed by atoms with Crippen LogP contribution in [0.2, 0.25) is 0 Å². The maximum absolute atomic E-state index is 13.6. The SMILES string of the molecule is CC/C=C/C/C=C/C/C=C/C/C=C/CCCCCC(=O)NC(COP(=O)(O)OCC[N+](C)(C)C)C(/C=C\CCCCCCCCCCCCC)OC(=O)CCCCCCCCCCCCCCCCCCCCCCCCCCCCC. The molecule has 9 nitrogen and oxygen atoms in total. The molecule has 82 heavy (non-hydrogen) atoms. The van der Waals surface area contributed by atoms with Crippen molar-refractivity contribution in [3.05, 3.63) is 60.8 Å². The van der Waals surface area contributed by atoms with Crippen LogP contribution in [0.15, 0.2) is 60.8 Å². The quantitative estimate of drug-likeness (QED) is 0.0205. The minimum Gasteiger partial charge on any atom is -0.456 e. The van der Waals surface area contributed by atoms with Crippen LogP contribution in [0, 0.1) is 0 Å². The lowest BCUT2D eigenvalue weighted by Gasteiger charge is -2.27. The molecular weight excluding hydrogens is 1040 g/mol. The number of esters is 1. The zero-order valence-electron chi connectivity index (χ0n) is 55.0. The van der Waals surface area contributed by atoms with E-state index in [0.717, 1.165) is 83.5 Å². The summed E-state index contributed by atoms with van der Waals surface area (Å²) in [5.41, 5.74) is 0. The normalized spacial score (nSPS) is 13.9. The molecule has 0 heterocycles. The summed E-state index contributed by atoms with van der Waals surface area (Å²) < 4.78 is 30.8. The molecule has 0 radical (unpaired) electrons. The Morgan fingerprint density at radius 1 is 0.439 bits per heavy atom. The number of amides is 1. The Morgan fingerprint density at radius 2 is 0.780 bits per heavy atom. The summed E-state index contributed by atoms with van der Waals surface area (Å²) in [5, 5.41) is 3.05. The summed E-state index contributed by atoms with van der Waals surface area (Å²) in [7, 11) is 1.48. The number of hydrogen-bond acceptors (Lipinski definition) is 6. The lowest BCUT2D eigenvalue weighted by molar-refractivity contribution is -0.870. The first kappa shape index (κ1) is 79.7. The molecule has 0 aromatic heterocycles. The van der Waals surface area contributed by atoms with E-state index in [2.05, 4.69) is 74.7 Å². The maximum atomic E-state index is 13.6. The second-order valence-electron chi connectivity index (χ2n) is 25.0. The van der Waals surface area contributed by atoms with E-state index >= 15 is 0 Å². The number of carbonyl (C=O) groups excluding carboxylic acids is 2. The number of nitrogens with zero attached hydrogens (tertiary/aromatic N) is 1. The minimum absolute atomic E-state index is 0.0339. The van der Waals surface area contributed by atoms with Gasteiger partial charge in [-0.3, -0.25) is 18.6 Å². The largest absolute Gasteiger partial charge is 0.472 e. The Balaban J connectivity index is 5.04. The maximum Gasteiger partial charge on any atom is 0.472 e. The molecule has 0 rings (SSSR count). The standard InChI is InChI=1S/C72H135N2O7P/c1-7-10-13-16-19-22-25-28-30-32-33-34-35-36-37-38-39-40-41-42-44-47-50-53-56-59-62-65-72(76)81-70(63-60-57-54-51-48-45-27-24-21-18-15-12-9-3)69(68-80-82(77,78)79-67-66-74(4,5)6)73-71(75)64-61-58-55-52-49-46-43-31-29-26-23-20-17-14-11-8-2/h11,14,20,23,29,31,46,49,60,63,69-70H,7-10,12-13,15-19,21-22,24-28,30,32-45,47-48,50-59,61-62,64-68H2,1-6H3,(H-,73,75,77,78)/p+1/b14-11+,23-20+,31-29+,49-46+,63-60-. The molecule has 0 spiro atoms. The second kappa shape index (κ2) is 61.8. The highest BCUT2D eigenvalue weighted by Gasteiger charge is 2.30. The highest BCUT2D eigenvalue weighted by atomic mass is 31.2. The average molecular weight is 1170 g/mol. The Bertz CT molecular complexity index is 1590. The smallest absolute Gasteiger partial charge is 0.456 e. The van der Waals surface area contributed by atoms with Crippen molar-refractivity contribution in [1.29, 1.82) is 0 Å². The average Bonchev–Trinajstić information content (AvgIpc) is 3.45. The van der Waals surface area contributed by atoms with Gasteiger partial charge in [0, 0.05) is 12.8 Å². The molecule has 10 heteroatoms. The lowest BCUT2D eigenvalue weighted by Crippen LogP contribution is -2.47. The predicted octanol–water partition coefficient (Wildman–Crippen LogP) is 22.2. The number of phosphoric ester groups is 1. The number of phosphoric acid groups is 1. The van der Waals surface area contributed by atoms with Crippen LogP contribution in [0.25, 0.3) is 0 Å². The summed E-state index contributed by atoms with van der Waals surface area (Å²) in [4.78, 5) is 37.8. The van der Waals surface area contributed by atoms with Gasteiger partial charge in [0.15, 0.2) is 0 Å². The van der Waals surface area contributed by atoms with Gasteiger partial charge in [0.1, 0.15) is 19.3 Å². The zero-order valence-corrected chi connectivity index (χ0v) is 55.9. The summed E-state index contributed by atoms with van der Waals surface area (Å²) in [6.45, 7) is 6.92. The third kappa shape index (κ3) is 62.2. The Labute approximate surface area is 509 Å². The van der Waals surface area contributed by atoms with Crippen LogP contribution in [0.5, 0.6) is 0 Å². The number of likely N-dealkylation sites (N-methyl/N-ethyl adjacent to an activating group) is 1. The van der Waals surface area contributed by atoms with Gasteiger partial charge in [-0.1, -0.05) is 313 Å². The Kier molecular flexibility index (Phi) is 60.1. The van der Waals surface area contributed by atoms with E-state index in [4.69, 9.17) is 13.8 Å². The fraction of sp³-hybridized carbons (Fsp3) is 0.833. The topological polar surface area (TPSA) is 111 Å². The highest BCUT2D eigenvalue weighted by molar-refractivity contribution is 7.47. The molecule has 0 fully saturated rings. The lowest BCUT2D eigenvalue weighted by atomic mass is 10.0. The van der Waals surface area contributed by atoms with Crippen molar-refractivity contribution >= 4 is 19.7 Å². The number of nitrogens with one attached hydrogen (secondary N) is 1. The molecule has 0 bridgehead atoms. The first-order valence-electron chi connectivity index (χ1n) is 35.1. The van der Waals surface area contributed by atoms with E-state index in [1.165, 1.54) is 212 Å². The van der Waals surface area contributed by atoms with Crippen molar-refractivity contribution in [2.45, 2.75) is 348 Å². The van der Waals surface area contributed by atoms with Gasteiger partial charge in [-0.05, 0) is 70.3 Å². The van der Waals surface area contributed by atoms with E-state index < -0.39 is 20.0 Å². The van der Waals surface area contributed by atoms with Crippen molar-refractivity contribution in [3.63, 3.8) is 0 Å². The summed E-state index contributed by atoms with van der Waals surface area (Å²) >= 11 is 0. The molecule has 0 saturated heterocycles. The van der Waals surface area contributed by atoms with Gasteiger partial charge < -0.3 is 19.4 Å². The number of ether oxygens (including phenoxy) is 1. The summed E-state index contributed by atoms with van der Waals surface area (Å²) in [6.07, 6.45) is 79.6. The zero-order chi connectivity index (χ0) is 60.0. The van der Waals surface area contributed by atoms with Gasteiger partial charge in [0.25, 0.3) is 0 Å². The van der Waals surface area contributed by atoms with Gasteiger partial charge in [-0.15, -0.1) is 0 Å². The third-order valence-electron chi connectivity index (χ3n) is 15.7. The fourth-order valence-corrected chi connectivity index (χ4v) is 11.1. The number of allylic oxidation sites excluding steroid dienone is 9. The van der Waals surface area contributed by atoms with E-state index in [9.17, 15) is 19.0 Å². The first-order chi connectivity index (χ1) is 39.9. The van der Waals surface area contributed by atoms with Crippen LogP contribution in [0.4, 0.5) is 0 Å². The van der Waals surface area contributed by atoms with Gasteiger partial charge in [0.05, 0.1) is 33.8 Å². The van der Waals surface area contributed by atoms with Crippen molar-refractivity contribution in [2.24, 2.45) is 0 Å². The second-order valence-corrected chi connectivity index (χ2v) is 26.5. The summed E-state index contributed by atoms with van der Waals surface area (Å²) in [5.74, 6) is -0.528. The molecule has 0 aliphatic heterocycles. The number of carbonyl (C=O) groups is 2. The molecule has 0 saturated carbocycles.